The molecular weight excluding hydrogens is 201 g/mol. The van der Waals surface area contributed by atoms with Crippen molar-refractivity contribution in [2.75, 3.05) is 0 Å². The molecule has 0 aliphatic heterocycles. The van der Waals surface area contributed by atoms with Gasteiger partial charge < -0.3 is 4.74 Å². The van der Waals surface area contributed by atoms with E-state index in [1.54, 1.807) is 0 Å². The van der Waals surface area contributed by atoms with Crippen LogP contribution in [0.4, 0.5) is 13.2 Å². The fraction of sp³-hybridized carbons (Fsp3) is 0.286. The number of halogens is 3. The molecule has 1 heterocycles. The first kappa shape index (κ1) is 10.4. The number of alkyl halides is 3. The van der Waals surface area contributed by atoms with Gasteiger partial charge in [-0.3, -0.25) is 9.78 Å². The number of carbonyl (C=O) groups excluding carboxylic acids is 1. The highest BCUT2D eigenvalue weighted by Gasteiger charge is 2.33. The first-order valence-corrected chi connectivity index (χ1v) is 3.47. The summed E-state index contributed by atoms with van der Waals surface area (Å²) < 4.78 is 40.5. The zero-order valence-electron chi connectivity index (χ0n) is 6.78. The summed E-state index contributed by atoms with van der Waals surface area (Å²) in [6, 6.07) is 0. The van der Waals surface area contributed by atoms with Gasteiger partial charge in [0.25, 0.3) is 6.47 Å². The van der Waals surface area contributed by atoms with E-state index < -0.39 is 11.9 Å². The quantitative estimate of drug-likeness (QED) is 0.696. The molecule has 7 heteroatoms. The first-order chi connectivity index (χ1) is 6.54. The highest BCUT2D eigenvalue weighted by Crippen LogP contribution is 2.26. The van der Waals surface area contributed by atoms with Crippen molar-refractivity contribution in [1.82, 2.24) is 9.97 Å². The van der Waals surface area contributed by atoms with Crippen LogP contribution in [-0.2, 0) is 22.3 Å². The maximum absolute atomic E-state index is 12.1. The van der Waals surface area contributed by atoms with Crippen LogP contribution in [0.15, 0.2) is 12.4 Å². The second kappa shape index (κ2) is 4.03. The monoisotopic (exact) mass is 206 g/mol. The Bertz CT molecular complexity index is 327. The molecule has 76 valence electrons. The van der Waals surface area contributed by atoms with Gasteiger partial charge in [0.05, 0.1) is 18.1 Å². The number of carbonyl (C=O) groups is 1. The third kappa shape index (κ3) is 2.68. The molecule has 14 heavy (non-hydrogen) atoms. The predicted octanol–water partition coefficient (Wildman–Crippen LogP) is 1.17. The lowest BCUT2D eigenvalue weighted by Crippen LogP contribution is -2.10. The van der Waals surface area contributed by atoms with Gasteiger partial charge in [-0.2, -0.15) is 13.2 Å². The van der Waals surface area contributed by atoms with E-state index in [2.05, 4.69) is 14.7 Å². The second-order valence-corrected chi connectivity index (χ2v) is 2.30. The molecule has 4 nitrogen and oxygen atoms in total. The van der Waals surface area contributed by atoms with Gasteiger partial charge in [0.15, 0.2) is 5.69 Å². The van der Waals surface area contributed by atoms with Gasteiger partial charge in [-0.1, -0.05) is 0 Å². The minimum Gasteiger partial charge on any atom is -0.461 e. The first-order valence-electron chi connectivity index (χ1n) is 3.47. The molecule has 0 aromatic carbocycles. The number of hydrogen-bond donors (Lipinski definition) is 0. The lowest BCUT2D eigenvalue weighted by atomic mass is 10.4. The van der Waals surface area contributed by atoms with E-state index in [9.17, 15) is 18.0 Å². The molecule has 0 spiro atoms. The molecule has 1 aromatic rings. The fourth-order valence-corrected chi connectivity index (χ4v) is 0.732. The molecule has 0 N–H and O–H groups in total. The third-order valence-electron chi connectivity index (χ3n) is 1.27. The fourth-order valence-electron chi connectivity index (χ4n) is 0.732. The van der Waals surface area contributed by atoms with Crippen LogP contribution in [0.5, 0.6) is 0 Å². The van der Waals surface area contributed by atoms with Crippen LogP contribution in [0.3, 0.4) is 0 Å². The van der Waals surface area contributed by atoms with Crippen molar-refractivity contribution in [1.29, 1.82) is 0 Å². The van der Waals surface area contributed by atoms with Crippen LogP contribution >= 0.6 is 0 Å². The number of ether oxygens (including phenoxy) is 1. The smallest absolute Gasteiger partial charge is 0.434 e. The van der Waals surface area contributed by atoms with Crippen LogP contribution in [0.1, 0.15) is 11.4 Å². The highest BCUT2D eigenvalue weighted by molar-refractivity contribution is 5.37. The van der Waals surface area contributed by atoms with E-state index in [4.69, 9.17) is 0 Å². The number of nitrogens with zero attached hydrogens (tertiary/aromatic N) is 2. The third-order valence-corrected chi connectivity index (χ3v) is 1.27. The van der Waals surface area contributed by atoms with Crippen LogP contribution < -0.4 is 0 Å². The highest BCUT2D eigenvalue weighted by atomic mass is 19.4. The summed E-state index contributed by atoms with van der Waals surface area (Å²) in [5.74, 6) is 0. The molecule has 1 aromatic heterocycles. The Labute approximate surface area is 76.7 Å². The molecule has 0 amide bonds. The standard InChI is InChI=1S/C7H5F3N2O2/c8-7(9,10)6-2-11-1-5(12-6)3-14-4-13/h1-2,4H,3H2. The molecule has 1 rings (SSSR count). The summed E-state index contributed by atoms with van der Waals surface area (Å²) in [6.07, 6.45) is -2.84. The molecule has 0 atom stereocenters. The summed E-state index contributed by atoms with van der Waals surface area (Å²) in [4.78, 5) is 16.3. The van der Waals surface area contributed by atoms with E-state index >= 15 is 0 Å². The Balaban J connectivity index is 2.84. The van der Waals surface area contributed by atoms with Gasteiger partial charge >= 0.3 is 6.18 Å². The second-order valence-electron chi connectivity index (χ2n) is 2.30. The van der Waals surface area contributed by atoms with E-state index in [-0.39, 0.29) is 18.8 Å². The van der Waals surface area contributed by atoms with E-state index in [1.165, 1.54) is 0 Å². The van der Waals surface area contributed by atoms with Crippen molar-refractivity contribution < 1.29 is 22.7 Å². The van der Waals surface area contributed by atoms with E-state index in [1.807, 2.05) is 0 Å². The average Bonchev–Trinajstić information content (AvgIpc) is 2.14. The Morgan fingerprint density at radius 3 is 2.71 bits per heavy atom. The van der Waals surface area contributed by atoms with Crippen LogP contribution in [-0.4, -0.2) is 16.4 Å². The van der Waals surface area contributed by atoms with Crippen molar-refractivity contribution >= 4 is 6.47 Å². The average molecular weight is 206 g/mol. The van der Waals surface area contributed by atoms with Gasteiger partial charge in [0, 0.05) is 0 Å². The number of hydrogen-bond acceptors (Lipinski definition) is 4. The summed E-state index contributed by atoms with van der Waals surface area (Å²) in [7, 11) is 0. The Morgan fingerprint density at radius 2 is 2.14 bits per heavy atom. The van der Waals surface area contributed by atoms with Gasteiger partial charge in [0.2, 0.25) is 0 Å². The zero-order chi connectivity index (χ0) is 10.6. The Hall–Kier alpha value is -1.66. The summed E-state index contributed by atoms with van der Waals surface area (Å²) >= 11 is 0. The van der Waals surface area contributed by atoms with Gasteiger partial charge in [-0.15, -0.1) is 0 Å². The van der Waals surface area contributed by atoms with Crippen molar-refractivity contribution in [3.63, 3.8) is 0 Å². The molecule has 0 bridgehead atoms. The molecular formula is C7H5F3N2O2. The summed E-state index contributed by atoms with van der Waals surface area (Å²) in [5, 5.41) is 0. The Kier molecular flexibility index (Phi) is 3.00. The molecule has 0 radical (unpaired) electrons. The zero-order valence-corrected chi connectivity index (χ0v) is 6.78. The van der Waals surface area contributed by atoms with Gasteiger partial charge in [-0.05, 0) is 0 Å². The Morgan fingerprint density at radius 1 is 1.43 bits per heavy atom. The maximum Gasteiger partial charge on any atom is 0.434 e. The van der Waals surface area contributed by atoms with Crippen LogP contribution in [0.2, 0.25) is 0 Å². The van der Waals surface area contributed by atoms with E-state index in [0.29, 0.717) is 6.20 Å². The number of aromatic nitrogens is 2. The summed E-state index contributed by atoms with van der Waals surface area (Å²) in [5.41, 5.74) is -1.16. The molecule has 0 unspecified atom stereocenters. The molecule has 0 saturated heterocycles. The molecule has 0 aliphatic carbocycles. The largest absolute Gasteiger partial charge is 0.461 e. The van der Waals surface area contributed by atoms with Gasteiger partial charge in [0.1, 0.15) is 6.61 Å². The van der Waals surface area contributed by atoms with E-state index in [0.717, 1.165) is 6.20 Å². The SMILES string of the molecule is O=COCc1cncc(C(F)(F)F)n1. The normalized spacial score (nSPS) is 11.1. The maximum atomic E-state index is 12.1. The van der Waals surface area contributed by atoms with Crippen LogP contribution in [0, 0.1) is 0 Å². The van der Waals surface area contributed by atoms with Crippen molar-refractivity contribution in [3.8, 4) is 0 Å². The van der Waals surface area contributed by atoms with Gasteiger partial charge in [-0.25, -0.2) is 4.98 Å². The lowest BCUT2D eigenvalue weighted by molar-refractivity contribution is -0.141. The minimum absolute atomic E-state index is 0.0491. The van der Waals surface area contributed by atoms with Crippen molar-refractivity contribution in [2.45, 2.75) is 12.8 Å². The minimum atomic E-state index is -4.54. The lowest BCUT2D eigenvalue weighted by Gasteiger charge is -2.05. The summed E-state index contributed by atoms with van der Waals surface area (Å²) in [6.45, 7) is -0.192. The molecule has 0 aliphatic rings. The van der Waals surface area contributed by atoms with Crippen LogP contribution in [0.25, 0.3) is 0 Å². The number of rotatable bonds is 3. The predicted molar refractivity (Wildman–Crippen MR) is 37.9 cm³/mol. The topological polar surface area (TPSA) is 52.1 Å². The molecule has 0 saturated carbocycles. The van der Waals surface area contributed by atoms with Crippen molar-refractivity contribution in [2.24, 2.45) is 0 Å². The molecule has 0 fully saturated rings. The van der Waals surface area contributed by atoms with Crippen molar-refractivity contribution in [3.05, 3.63) is 23.8 Å².